The molecule has 3 saturated heterocycles. The highest BCUT2D eigenvalue weighted by Gasteiger charge is 2.44. The number of ketones is 1. The highest BCUT2D eigenvalue weighted by atomic mass is 16.7. The fourth-order valence-electron chi connectivity index (χ4n) is 13.9. The van der Waals surface area contributed by atoms with Gasteiger partial charge in [-0.15, -0.1) is 0 Å². The van der Waals surface area contributed by atoms with E-state index in [2.05, 4.69) is 41.4 Å². The highest BCUT2D eigenvalue weighted by molar-refractivity contribution is 6.01. The summed E-state index contributed by atoms with van der Waals surface area (Å²) in [6.45, 7) is 16.6. The van der Waals surface area contributed by atoms with Gasteiger partial charge < -0.3 is 142 Å². The number of Topliss-reactive ketones (excluding diaryl/α,β-unsaturated/α-hetero) is 1. The first-order valence-electron chi connectivity index (χ1n) is 40.7. The van der Waals surface area contributed by atoms with E-state index in [9.17, 15) is 59.4 Å². The van der Waals surface area contributed by atoms with Gasteiger partial charge in [0.1, 0.15) is 94.8 Å². The summed E-state index contributed by atoms with van der Waals surface area (Å²) in [5.41, 5.74) is 7.13. The smallest absolute Gasteiger partial charge is 0.248 e. The number of primary amides is 1. The molecule has 3 fully saturated rings. The van der Waals surface area contributed by atoms with Crippen LogP contribution in [0.15, 0.2) is 72.8 Å². The average molecular weight is 1770 g/mol. The summed E-state index contributed by atoms with van der Waals surface area (Å²) in [6, 6.07) is 6.16. The van der Waals surface area contributed by atoms with Gasteiger partial charge in [-0.1, -0.05) is 52.0 Å². The van der Waals surface area contributed by atoms with Crippen LogP contribution in [0, 0.1) is 39.5 Å². The molecule has 0 aliphatic carbocycles. The molecule has 0 radical (unpaired) electrons. The monoisotopic (exact) mass is 1770 g/mol. The molecule has 8 aliphatic heterocycles. The van der Waals surface area contributed by atoms with Crippen LogP contribution < -0.4 is 47.1 Å². The number of benzene rings is 5. The standard InChI is InChI=1S/C60H68N8O14.C8H16O5.2C6H12O2.2C2H6O.4CH4O/c1-25(2)17-39(68(9)10)56(76)67-52-54(74)34-13-16-43(27(4)19-34)82-45-22-35-21-44(30(45)7)81-42-15-12-32(18-26(42)3)28(5)48-57(77)64-49(31(8)69)37-23-41(71)29(6)53(73)47(37)36-20-33(11-14-40(36)70)50(58(78)63-48)66-59(79)51(35)65-55(75)38(24-46(61)72)62-60(52)80;1-4-6(10)7(11)5(3-9)13-8(4)12-2;2*7-5-6-3-1-2-4-8-6;2*1-3-2;4*1-2/h11-16,18-23,25,28,38-39,48-52,54,70-71,73-74H,17,24H2,1-10H3,(H2,61,72)(H,62,80)(H,63,78)(H,64,77)(H,65,75)(H,66,79)(H,67,76);4-11H,3H2,1-2H3;2*6-7H,1-5H2;2*1-2H3;4*2H,1H3. The van der Waals surface area contributed by atoms with E-state index in [1.165, 1.54) is 76.3 Å². The summed E-state index contributed by atoms with van der Waals surface area (Å²) >= 11 is 0. The maximum atomic E-state index is 15.6. The number of ether oxygens (including phenoxy) is 8. The number of amides is 7. The number of phenols is 3. The van der Waals surface area contributed by atoms with Crippen LogP contribution in [0.2, 0.25) is 0 Å². The van der Waals surface area contributed by atoms with Crippen molar-refractivity contribution >= 4 is 47.1 Å². The lowest BCUT2D eigenvalue weighted by Gasteiger charge is -2.40. The fourth-order valence-corrected chi connectivity index (χ4v) is 13.9. The third-order valence-electron chi connectivity index (χ3n) is 20.7. The average Bonchev–Trinajstić information content (AvgIpc) is 0.757. The zero-order chi connectivity index (χ0) is 95.0. The first-order valence-corrected chi connectivity index (χ1v) is 40.7. The number of methoxy groups -OCH3 is 3. The molecule has 11 bridgehead atoms. The van der Waals surface area contributed by atoms with E-state index in [0.717, 1.165) is 67.3 Å². The molecule has 13 rings (SSSR count). The third-order valence-corrected chi connectivity index (χ3v) is 20.7. The normalized spacial score (nSPS) is 23.8. The minimum Gasteiger partial charge on any atom is -0.508 e. The molecule has 21 N–H and O–H groups in total. The Kier molecular flexibility index (Phi) is 50.3. The Balaban J connectivity index is 0.00000100. The lowest BCUT2D eigenvalue weighted by molar-refractivity contribution is -0.274. The Hall–Kier alpha value is -9.62. The molecule has 5 aromatic carbocycles. The Morgan fingerprint density at radius 2 is 1.07 bits per heavy atom. The topological polar surface area (TPSA) is 575 Å². The highest BCUT2D eigenvalue weighted by Crippen LogP contribution is 2.47. The molecule has 16 unspecified atom stereocenters. The van der Waals surface area contributed by atoms with Gasteiger partial charge in [-0.3, -0.25) is 43.3 Å². The second-order valence-corrected chi connectivity index (χ2v) is 30.4. The second-order valence-electron chi connectivity index (χ2n) is 30.4. The number of rotatable bonds is 12. The van der Waals surface area contributed by atoms with Crippen molar-refractivity contribution in [3.05, 3.63) is 123 Å². The van der Waals surface area contributed by atoms with E-state index in [-0.39, 0.29) is 100 Å². The van der Waals surface area contributed by atoms with Gasteiger partial charge in [-0.2, -0.15) is 0 Å². The lowest BCUT2D eigenvalue weighted by atomic mass is 9.86. The number of nitrogens with zero attached hydrogens (tertiary/aromatic N) is 1. The number of aryl methyl sites for hydroxylation is 2. The Labute approximate surface area is 731 Å². The molecule has 37 heteroatoms. The van der Waals surface area contributed by atoms with Crippen LogP contribution in [0.1, 0.15) is 166 Å². The summed E-state index contributed by atoms with van der Waals surface area (Å²) in [5.74, 6) is -9.61. The molecule has 125 heavy (non-hydrogen) atoms. The number of carbonyl (C=O) groups excluding carboxylic acids is 8. The lowest BCUT2D eigenvalue weighted by Crippen LogP contribution is -2.59. The molecule has 37 nitrogen and oxygen atoms in total. The number of likely N-dealkylation sites (N-methyl/N-ethyl adjacent to an activating group) is 1. The summed E-state index contributed by atoms with van der Waals surface area (Å²) in [5, 5.41) is 135. The van der Waals surface area contributed by atoms with Crippen molar-refractivity contribution in [3.63, 3.8) is 0 Å². The minimum atomic E-state index is -1.91. The molecular formula is C88H136N8O29. The summed E-state index contributed by atoms with van der Waals surface area (Å²) in [6.07, 6.45) is 1.54. The number of aromatic hydroxyl groups is 3. The van der Waals surface area contributed by atoms with Crippen molar-refractivity contribution in [2.45, 2.75) is 205 Å². The number of aliphatic hydroxyl groups is 10. The van der Waals surface area contributed by atoms with Gasteiger partial charge in [-0.05, 0) is 187 Å². The van der Waals surface area contributed by atoms with Crippen LogP contribution in [0.3, 0.4) is 0 Å². The molecule has 7 amide bonds. The first-order chi connectivity index (χ1) is 59.4. The van der Waals surface area contributed by atoms with Gasteiger partial charge in [0, 0.05) is 111 Å². The summed E-state index contributed by atoms with van der Waals surface area (Å²) < 4.78 is 42.3. The molecule has 16 atom stereocenters. The van der Waals surface area contributed by atoms with E-state index in [0.29, 0.717) is 34.4 Å². The van der Waals surface area contributed by atoms with Gasteiger partial charge in [0.25, 0.3) is 0 Å². The van der Waals surface area contributed by atoms with Crippen LogP contribution in [0.25, 0.3) is 11.1 Å². The minimum absolute atomic E-state index is 0.0276. The first kappa shape index (κ1) is 111. The van der Waals surface area contributed by atoms with Crippen molar-refractivity contribution in [1.82, 2.24) is 36.8 Å². The van der Waals surface area contributed by atoms with Gasteiger partial charge in [0.2, 0.25) is 41.4 Å². The summed E-state index contributed by atoms with van der Waals surface area (Å²) in [4.78, 5) is 118. The van der Waals surface area contributed by atoms with Gasteiger partial charge >= 0.3 is 0 Å². The molecule has 8 aliphatic rings. The van der Waals surface area contributed by atoms with E-state index in [1.807, 2.05) is 13.8 Å². The van der Waals surface area contributed by atoms with Crippen molar-refractivity contribution in [2.75, 3.05) is 111 Å². The maximum Gasteiger partial charge on any atom is 0.248 e. The van der Waals surface area contributed by atoms with Crippen LogP contribution in [0.4, 0.5) is 0 Å². The SMILES string of the molecule is CC(=O)C1NC(=O)C2NC(=O)C(NC(=O)C3NC(=O)C(CC(N)=O)NC(=O)C(NC(=O)C(CC(C)C)N(C)C)C(O)c4ccc(c(C)c4)Oc4cc3cc(c4C)Oc3ccc(cc3C)C2C)c2ccc(O)c(c2)-c2c1cc(O)c(C)c2O.CO.CO.CO.CO.COC.COC.COC1OC(CO)C(O)C(O)C1C.OCC1CCCCO1.OCC1CCCCO1. The number of carbonyl (C=O) groups is 8. The number of nitrogens with one attached hydrogen (secondary N) is 6. The molecular weight excluding hydrogens is 1630 g/mol. The number of hydrogen-bond donors (Lipinski definition) is 20. The van der Waals surface area contributed by atoms with Crippen LogP contribution in [0.5, 0.6) is 40.2 Å². The van der Waals surface area contributed by atoms with Crippen molar-refractivity contribution in [3.8, 4) is 51.4 Å². The van der Waals surface area contributed by atoms with Crippen molar-refractivity contribution < 1.29 is 143 Å². The number of hydrogen-bond acceptors (Lipinski definition) is 30. The van der Waals surface area contributed by atoms with E-state index >= 15 is 9.59 Å². The number of aliphatic hydroxyl groups excluding tert-OH is 10. The predicted octanol–water partition coefficient (Wildman–Crippen LogP) is 3.30. The molecule has 5 aromatic rings. The summed E-state index contributed by atoms with van der Waals surface area (Å²) in [7, 11) is 15.3. The Bertz CT molecular complexity index is 4160. The van der Waals surface area contributed by atoms with Gasteiger partial charge in [0.05, 0.1) is 50.6 Å². The van der Waals surface area contributed by atoms with E-state index < -0.39 is 150 Å². The molecule has 702 valence electrons. The number of fused-ring (bicyclic) bond motifs is 15. The molecule has 0 spiro atoms. The number of nitrogens with two attached hydrogens (primary N) is 1. The Morgan fingerprint density at radius 3 is 1.53 bits per heavy atom. The van der Waals surface area contributed by atoms with Crippen LogP contribution in [-0.4, -0.2) is 291 Å². The maximum absolute atomic E-state index is 15.6. The van der Waals surface area contributed by atoms with E-state index in [4.69, 9.17) is 69.9 Å². The second kappa shape index (κ2) is 56.5. The third kappa shape index (κ3) is 31.7. The van der Waals surface area contributed by atoms with Gasteiger partial charge in [-0.25, -0.2) is 0 Å². The zero-order valence-corrected chi connectivity index (χ0v) is 75.3. The largest absolute Gasteiger partial charge is 0.508 e. The quantitative estimate of drug-likeness (QED) is 0.0852. The van der Waals surface area contributed by atoms with Crippen molar-refractivity contribution in [1.29, 1.82) is 0 Å². The van der Waals surface area contributed by atoms with Crippen molar-refractivity contribution in [2.24, 2.45) is 17.6 Å². The van der Waals surface area contributed by atoms with Crippen LogP contribution >= 0.6 is 0 Å². The number of phenolic OH excluding ortho intramolecular Hbond substituents is 3. The van der Waals surface area contributed by atoms with Crippen LogP contribution in [-0.2, 0) is 66.8 Å². The zero-order valence-electron chi connectivity index (χ0n) is 75.3. The Morgan fingerprint density at radius 1 is 0.576 bits per heavy atom. The fraction of sp³-hybridized carbons (Fsp3) is 0.568. The predicted molar refractivity (Wildman–Crippen MR) is 462 cm³/mol. The molecule has 0 saturated carbocycles. The molecule has 0 aromatic heterocycles. The van der Waals surface area contributed by atoms with Gasteiger partial charge in [0.15, 0.2) is 12.1 Å². The molecule has 8 heterocycles. The van der Waals surface area contributed by atoms with E-state index in [1.54, 1.807) is 112 Å².